The molecule has 4 heteroatoms. The second-order valence-electron chi connectivity index (χ2n) is 4.75. The Bertz CT molecular complexity index is 353. The van der Waals surface area contributed by atoms with Crippen molar-refractivity contribution >= 4 is 17.4 Å². The van der Waals surface area contributed by atoms with Crippen LogP contribution < -0.4 is 5.32 Å². The third-order valence-electron chi connectivity index (χ3n) is 2.37. The van der Waals surface area contributed by atoms with Gasteiger partial charge in [0.25, 0.3) is 0 Å². The molecule has 0 aliphatic rings. The van der Waals surface area contributed by atoms with Gasteiger partial charge in [-0.25, -0.2) is 4.98 Å². The first-order valence-corrected chi connectivity index (χ1v) is 6.48. The summed E-state index contributed by atoms with van der Waals surface area (Å²) in [7, 11) is 2.10. The second-order valence-corrected chi connectivity index (χ2v) is 5.15. The fourth-order valence-electron chi connectivity index (χ4n) is 1.82. The number of hydrogen-bond donors (Lipinski definition) is 1. The van der Waals surface area contributed by atoms with Crippen molar-refractivity contribution in [1.82, 2.24) is 9.88 Å². The van der Waals surface area contributed by atoms with Gasteiger partial charge in [0.1, 0.15) is 5.82 Å². The van der Waals surface area contributed by atoms with Crippen molar-refractivity contribution < 1.29 is 0 Å². The molecule has 1 heterocycles. The van der Waals surface area contributed by atoms with Crippen molar-refractivity contribution in [3.63, 3.8) is 0 Å². The molecule has 1 aromatic rings. The fourth-order valence-corrected chi connectivity index (χ4v) is 1.98. The van der Waals surface area contributed by atoms with E-state index >= 15 is 0 Å². The fraction of sp³-hybridized carbons (Fsp3) is 0.615. The number of halogens is 1. The number of nitrogens with one attached hydrogen (secondary N) is 1. The Morgan fingerprint density at radius 2 is 2.12 bits per heavy atom. The summed E-state index contributed by atoms with van der Waals surface area (Å²) in [4.78, 5) is 6.77. The maximum absolute atomic E-state index is 6.16. The molecule has 0 saturated heterocycles. The molecule has 1 N–H and O–H groups in total. The molecule has 1 rings (SSSR count). The number of anilines is 1. The lowest BCUT2D eigenvalue weighted by Crippen LogP contribution is -2.23. The molecule has 96 valence electrons. The molecule has 0 fully saturated rings. The summed E-state index contributed by atoms with van der Waals surface area (Å²) in [6.07, 6.45) is 0. The minimum Gasteiger partial charge on any atom is -0.370 e. The number of nitrogens with zero attached hydrogens (tertiary/aromatic N) is 2. The predicted molar refractivity (Wildman–Crippen MR) is 74.6 cm³/mol. The Morgan fingerprint density at radius 1 is 1.41 bits per heavy atom. The van der Waals surface area contributed by atoms with Crippen LogP contribution in [0.2, 0.25) is 5.02 Å². The molecule has 0 radical (unpaired) electrons. The molecule has 0 spiro atoms. The summed E-state index contributed by atoms with van der Waals surface area (Å²) in [6.45, 7) is 9.18. The van der Waals surface area contributed by atoms with Crippen LogP contribution in [-0.2, 0) is 6.54 Å². The van der Waals surface area contributed by atoms with Crippen LogP contribution in [0.5, 0.6) is 0 Å². The van der Waals surface area contributed by atoms with Crippen molar-refractivity contribution in [1.29, 1.82) is 0 Å². The van der Waals surface area contributed by atoms with Crippen LogP contribution in [0, 0.1) is 5.92 Å². The van der Waals surface area contributed by atoms with E-state index in [-0.39, 0.29) is 0 Å². The minimum absolute atomic E-state index is 0.649. The Hall–Kier alpha value is -0.800. The van der Waals surface area contributed by atoms with E-state index in [2.05, 4.69) is 43.0 Å². The molecule has 0 atom stereocenters. The van der Waals surface area contributed by atoms with E-state index in [1.54, 1.807) is 0 Å². The molecule has 0 aromatic carbocycles. The van der Waals surface area contributed by atoms with Gasteiger partial charge in [-0.3, -0.25) is 0 Å². The lowest BCUT2D eigenvalue weighted by molar-refractivity contribution is 0.285. The third kappa shape index (κ3) is 4.92. The summed E-state index contributed by atoms with van der Waals surface area (Å²) in [6, 6.07) is 3.82. The van der Waals surface area contributed by atoms with Crippen LogP contribution in [0.4, 0.5) is 5.82 Å². The normalized spacial score (nSPS) is 11.2. The highest BCUT2D eigenvalue weighted by Crippen LogP contribution is 2.18. The summed E-state index contributed by atoms with van der Waals surface area (Å²) in [5, 5.41) is 3.94. The molecule has 0 amide bonds. The number of pyridine rings is 1. The molecule has 0 bridgehead atoms. The smallest absolute Gasteiger partial charge is 0.126 e. The largest absolute Gasteiger partial charge is 0.370 e. The Kier molecular flexibility index (Phi) is 5.72. The predicted octanol–water partition coefficient (Wildman–Crippen LogP) is 3.25. The first-order valence-electron chi connectivity index (χ1n) is 6.10. The van der Waals surface area contributed by atoms with Gasteiger partial charge in [-0.15, -0.1) is 0 Å². The Labute approximate surface area is 109 Å². The first-order chi connectivity index (χ1) is 8.02. The first kappa shape index (κ1) is 14.3. The third-order valence-corrected chi connectivity index (χ3v) is 2.72. The zero-order valence-corrected chi connectivity index (χ0v) is 11.9. The van der Waals surface area contributed by atoms with Gasteiger partial charge in [0.2, 0.25) is 0 Å². The highest BCUT2D eigenvalue weighted by Gasteiger charge is 2.08. The van der Waals surface area contributed by atoms with Crippen molar-refractivity contribution in [3.05, 3.63) is 22.8 Å². The van der Waals surface area contributed by atoms with Crippen LogP contribution in [0.1, 0.15) is 26.5 Å². The van der Waals surface area contributed by atoms with Gasteiger partial charge in [0, 0.05) is 19.6 Å². The van der Waals surface area contributed by atoms with Crippen LogP contribution in [0.3, 0.4) is 0 Å². The summed E-state index contributed by atoms with van der Waals surface area (Å²) in [5.41, 5.74) is 0.938. The maximum atomic E-state index is 6.16. The molecule has 0 aliphatic carbocycles. The molecular weight excluding hydrogens is 234 g/mol. The van der Waals surface area contributed by atoms with E-state index in [1.165, 1.54) is 0 Å². The minimum atomic E-state index is 0.649. The zero-order chi connectivity index (χ0) is 12.8. The highest BCUT2D eigenvalue weighted by molar-refractivity contribution is 6.31. The summed E-state index contributed by atoms with van der Waals surface area (Å²) < 4.78 is 0. The lowest BCUT2D eigenvalue weighted by Gasteiger charge is -2.19. The van der Waals surface area contributed by atoms with Crippen molar-refractivity contribution in [2.45, 2.75) is 27.3 Å². The Balaban J connectivity index is 2.71. The molecule has 3 nitrogen and oxygen atoms in total. The van der Waals surface area contributed by atoms with Crippen molar-refractivity contribution in [2.24, 2.45) is 5.92 Å². The number of aromatic nitrogens is 1. The van der Waals surface area contributed by atoms with Gasteiger partial charge >= 0.3 is 0 Å². The highest BCUT2D eigenvalue weighted by atomic mass is 35.5. The van der Waals surface area contributed by atoms with E-state index in [9.17, 15) is 0 Å². The molecule has 1 aromatic heterocycles. The number of rotatable bonds is 6. The molecule has 0 unspecified atom stereocenters. The maximum Gasteiger partial charge on any atom is 0.126 e. The molecule has 0 saturated carbocycles. The van der Waals surface area contributed by atoms with E-state index in [1.807, 2.05) is 12.1 Å². The SMILES string of the molecule is CCNc1ccc(Cl)c(CN(C)CC(C)C)n1. The second kappa shape index (κ2) is 6.82. The van der Waals surface area contributed by atoms with Gasteiger partial charge in [-0.1, -0.05) is 25.4 Å². The molecular formula is C13H22ClN3. The van der Waals surface area contributed by atoms with E-state index in [4.69, 9.17) is 11.6 Å². The van der Waals surface area contributed by atoms with Gasteiger partial charge in [-0.2, -0.15) is 0 Å². The van der Waals surface area contributed by atoms with Gasteiger partial charge in [0.15, 0.2) is 0 Å². The average Bonchev–Trinajstić information content (AvgIpc) is 2.22. The summed E-state index contributed by atoms with van der Waals surface area (Å²) >= 11 is 6.16. The molecule has 0 aliphatic heterocycles. The van der Waals surface area contributed by atoms with E-state index in [0.29, 0.717) is 5.92 Å². The zero-order valence-electron chi connectivity index (χ0n) is 11.1. The van der Waals surface area contributed by atoms with Gasteiger partial charge < -0.3 is 10.2 Å². The van der Waals surface area contributed by atoms with E-state index in [0.717, 1.165) is 36.2 Å². The quantitative estimate of drug-likeness (QED) is 0.846. The van der Waals surface area contributed by atoms with Gasteiger partial charge in [0.05, 0.1) is 10.7 Å². The lowest BCUT2D eigenvalue weighted by atomic mass is 10.2. The van der Waals surface area contributed by atoms with Crippen LogP contribution in [0.25, 0.3) is 0 Å². The molecule has 17 heavy (non-hydrogen) atoms. The van der Waals surface area contributed by atoms with Crippen molar-refractivity contribution in [2.75, 3.05) is 25.5 Å². The monoisotopic (exact) mass is 255 g/mol. The van der Waals surface area contributed by atoms with Crippen molar-refractivity contribution in [3.8, 4) is 0 Å². The number of hydrogen-bond acceptors (Lipinski definition) is 3. The summed E-state index contributed by atoms with van der Waals surface area (Å²) in [5.74, 6) is 1.54. The Morgan fingerprint density at radius 3 is 2.71 bits per heavy atom. The van der Waals surface area contributed by atoms with E-state index < -0.39 is 0 Å². The average molecular weight is 256 g/mol. The van der Waals surface area contributed by atoms with Crippen LogP contribution in [0.15, 0.2) is 12.1 Å². The standard InChI is InChI=1S/C13H22ClN3/c1-5-15-13-7-6-11(14)12(16-13)9-17(4)8-10(2)3/h6-7,10H,5,8-9H2,1-4H3,(H,15,16). The van der Waals surface area contributed by atoms with Crippen LogP contribution in [-0.4, -0.2) is 30.0 Å². The van der Waals surface area contributed by atoms with Crippen LogP contribution >= 0.6 is 11.6 Å². The topological polar surface area (TPSA) is 28.2 Å². The van der Waals surface area contributed by atoms with Gasteiger partial charge in [-0.05, 0) is 32.0 Å².